The average Bonchev–Trinajstić information content (AvgIpc) is 3.10. The van der Waals surface area contributed by atoms with Gasteiger partial charge in [-0.05, 0) is 58.3 Å². The summed E-state index contributed by atoms with van der Waals surface area (Å²) < 4.78 is 26.5. The monoisotopic (exact) mass is 465 g/mol. The second-order valence-corrected chi connectivity index (χ2v) is 10.8. The Bertz CT molecular complexity index is 1140. The van der Waals surface area contributed by atoms with Gasteiger partial charge in [-0.15, -0.1) is 0 Å². The third kappa shape index (κ3) is 5.37. The number of carbonyl (C=O) groups is 1. The van der Waals surface area contributed by atoms with Crippen molar-refractivity contribution in [3.05, 3.63) is 53.1 Å². The van der Waals surface area contributed by atoms with E-state index < -0.39 is 21.5 Å². The highest BCUT2D eigenvalue weighted by molar-refractivity contribution is 7.92. The van der Waals surface area contributed by atoms with Gasteiger partial charge < -0.3 is 4.90 Å². The predicted molar refractivity (Wildman–Crippen MR) is 123 cm³/mol. The Hall–Kier alpha value is -2.00. The topological polar surface area (TPSA) is 70.6 Å². The van der Waals surface area contributed by atoms with Crippen molar-refractivity contribution in [2.75, 3.05) is 37.8 Å². The van der Waals surface area contributed by atoms with E-state index in [0.717, 1.165) is 16.8 Å². The Morgan fingerprint density at radius 3 is 2.43 bits per heavy atom. The summed E-state index contributed by atoms with van der Waals surface area (Å²) in [5, 5.41) is 0.962. The molecule has 160 valence electrons. The number of hydrogen-bond acceptors (Lipinski definition) is 6. The van der Waals surface area contributed by atoms with Gasteiger partial charge in [-0.3, -0.25) is 9.69 Å². The van der Waals surface area contributed by atoms with Crippen LogP contribution in [0.1, 0.15) is 12.0 Å². The van der Waals surface area contributed by atoms with Gasteiger partial charge in [0.25, 0.3) is 0 Å². The molecule has 0 aliphatic heterocycles. The van der Waals surface area contributed by atoms with Crippen molar-refractivity contribution in [1.82, 2.24) is 9.88 Å². The summed E-state index contributed by atoms with van der Waals surface area (Å²) in [7, 11) is 0.140. The van der Waals surface area contributed by atoms with Crippen LogP contribution in [0.5, 0.6) is 0 Å². The number of aryl methyl sites for hydroxylation is 1. The lowest BCUT2D eigenvalue weighted by Gasteiger charge is -2.21. The summed E-state index contributed by atoms with van der Waals surface area (Å²) in [6.45, 7) is 3.02. The van der Waals surface area contributed by atoms with Gasteiger partial charge in [-0.25, -0.2) is 13.4 Å². The molecule has 1 heterocycles. The number of amides is 1. The molecule has 0 aliphatic carbocycles. The molecule has 2 aromatic carbocycles. The molecule has 0 N–H and O–H groups in total. The van der Waals surface area contributed by atoms with Crippen LogP contribution in [0.25, 0.3) is 10.2 Å². The molecular formula is C21H24ClN3O3S2. The molecule has 0 radical (unpaired) electrons. The number of carbonyl (C=O) groups excluding carboxylic acids is 1. The number of thiazole rings is 1. The molecule has 0 saturated heterocycles. The molecule has 9 heteroatoms. The van der Waals surface area contributed by atoms with Crippen molar-refractivity contribution in [3.63, 3.8) is 0 Å². The van der Waals surface area contributed by atoms with Crippen LogP contribution < -0.4 is 4.90 Å². The second kappa shape index (κ2) is 9.43. The van der Waals surface area contributed by atoms with E-state index in [1.54, 1.807) is 18.2 Å². The summed E-state index contributed by atoms with van der Waals surface area (Å²) in [6.07, 6.45) is 0.687. The fourth-order valence-corrected chi connectivity index (χ4v) is 5.47. The van der Waals surface area contributed by atoms with Crippen LogP contribution in [0, 0.1) is 6.92 Å². The van der Waals surface area contributed by atoms with Gasteiger partial charge in [0.05, 0.1) is 14.6 Å². The van der Waals surface area contributed by atoms with Crippen LogP contribution in [-0.2, 0) is 14.6 Å². The van der Waals surface area contributed by atoms with Crippen LogP contribution in [-0.4, -0.2) is 57.1 Å². The van der Waals surface area contributed by atoms with Crippen LogP contribution in [0.3, 0.4) is 0 Å². The van der Waals surface area contributed by atoms with E-state index in [9.17, 15) is 13.2 Å². The Morgan fingerprint density at radius 1 is 1.10 bits per heavy atom. The summed E-state index contributed by atoms with van der Waals surface area (Å²) >= 11 is 7.57. The fourth-order valence-electron chi connectivity index (χ4n) is 2.96. The van der Waals surface area contributed by atoms with Gasteiger partial charge in [0.2, 0.25) is 5.91 Å². The van der Waals surface area contributed by atoms with Crippen molar-refractivity contribution in [3.8, 4) is 0 Å². The van der Waals surface area contributed by atoms with E-state index >= 15 is 0 Å². The molecule has 30 heavy (non-hydrogen) atoms. The molecular weight excluding hydrogens is 442 g/mol. The largest absolute Gasteiger partial charge is 0.309 e. The molecule has 0 saturated carbocycles. The Morgan fingerprint density at radius 2 is 1.80 bits per heavy atom. The zero-order valence-corrected chi connectivity index (χ0v) is 19.5. The lowest BCUT2D eigenvalue weighted by Crippen LogP contribution is -2.37. The van der Waals surface area contributed by atoms with E-state index in [2.05, 4.69) is 4.98 Å². The van der Waals surface area contributed by atoms with E-state index in [4.69, 9.17) is 11.6 Å². The van der Waals surface area contributed by atoms with E-state index in [1.807, 2.05) is 38.1 Å². The highest BCUT2D eigenvalue weighted by Crippen LogP contribution is 2.33. The smallest absolute Gasteiger partial charge is 0.244 e. The van der Waals surface area contributed by atoms with Crippen molar-refractivity contribution in [2.24, 2.45) is 0 Å². The summed E-state index contributed by atoms with van der Waals surface area (Å²) in [5.74, 6) is -1.11. The first kappa shape index (κ1) is 22.7. The van der Waals surface area contributed by atoms with Crippen molar-refractivity contribution >= 4 is 54.0 Å². The van der Waals surface area contributed by atoms with Gasteiger partial charge in [0.1, 0.15) is 11.3 Å². The number of anilines is 1. The van der Waals surface area contributed by atoms with Crippen molar-refractivity contribution < 1.29 is 13.2 Å². The van der Waals surface area contributed by atoms with Crippen LogP contribution >= 0.6 is 22.9 Å². The van der Waals surface area contributed by atoms with Gasteiger partial charge in [0.15, 0.2) is 15.0 Å². The van der Waals surface area contributed by atoms with Crippen LogP contribution in [0.2, 0.25) is 5.02 Å². The van der Waals surface area contributed by atoms with Gasteiger partial charge in [-0.2, -0.15) is 0 Å². The Balaban J connectivity index is 1.89. The fraction of sp³-hybridized carbons (Fsp3) is 0.333. The van der Waals surface area contributed by atoms with Crippen LogP contribution in [0.4, 0.5) is 5.13 Å². The van der Waals surface area contributed by atoms with Crippen LogP contribution in [0.15, 0.2) is 47.4 Å². The van der Waals surface area contributed by atoms with E-state index in [-0.39, 0.29) is 4.90 Å². The lowest BCUT2D eigenvalue weighted by atomic mass is 10.2. The maximum atomic E-state index is 13.1. The maximum Gasteiger partial charge on any atom is 0.244 e. The SMILES string of the molecule is Cc1ccc(S(=O)(=O)CC(=O)N(CCCN(C)C)c2nc3c(Cl)cccc3s2)cc1. The number of aromatic nitrogens is 1. The molecule has 0 atom stereocenters. The van der Waals surface area contributed by atoms with Gasteiger partial charge >= 0.3 is 0 Å². The van der Waals surface area contributed by atoms with Gasteiger partial charge in [-0.1, -0.05) is 46.7 Å². The Kier molecular flexibility index (Phi) is 7.13. The average molecular weight is 466 g/mol. The molecule has 0 aliphatic rings. The minimum atomic E-state index is -3.76. The van der Waals surface area contributed by atoms with Crippen molar-refractivity contribution in [1.29, 1.82) is 0 Å². The third-order valence-corrected chi connectivity index (χ3v) is 7.54. The molecule has 0 unspecified atom stereocenters. The molecule has 0 fully saturated rings. The molecule has 1 amide bonds. The summed E-state index contributed by atoms with van der Waals surface area (Å²) in [5.41, 5.74) is 1.57. The number of para-hydroxylation sites is 1. The molecule has 3 aromatic rings. The minimum Gasteiger partial charge on any atom is -0.309 e. The van der Waals surface area contributed by atoms with Crippen molar-refractivity contribution in [2.45, 2.75) is 18.2 Å². The number of fused-ring (bicyclic) bond motifs is 1. The number of nitrogens with zero attached hydrogens (tertiary/aromatic N) is 3. The first-order chi connectivity index (χ1) is 14.2. The highest BCUT2D eigenvalue weighted by Gasteiger charge is 2.26. The molecule has 6 nitrogen and oxygen atoms in total. The maximum absolute atomic E-state index is 13.1. The molecule has 0 spiro atoms. The number of rotatable bonds is 8. The third-order valence-electron chi connectivity index (χ3n) is 4.57. The number of benzene rings is 2. The first-order valence-electron chi connectivity index (χ1n) is 9.47. The number of halogens is 1. The van der Waals surface area contributed by atoms with E-state index in [0.29, 0.717) is 28.6 Å². The number of hydrogen-bond donors (Lipinski definition) is 0. The zero-order valence-electron chi connectivity index (χ0n) is 17.1. The molecule has 0 bridgehead atoms. The lowest BCUT2D eigenvalue weighted by molar-refractivity contribution is -0.116. The standard InChI is InChI=1S/C21H24ClN3O3S2/c1-15-8-10-16(11-9-15)30(27,28)14-19(26)25(13-5-12-24(2)3)21-23-20-17(22)6-4-7-18(20)29-21/h4,6-11H,5,12-14H2,1-3H3. The number of sulfone groups is 1. The molecule has 1 aromatic heterocycles. The summed E-state index contributed by atoms with van der Waals surface area (Å²) in [4.78, 5) is 21.3. The first-order valence-corrected chi connectivity index (χ1v) is 12.3. The second-order valence-electron chi connectivity index (χ2n) is 7.36. The molecule has 3 rings (SSSR count). The van der Waals surface area contributed by atoms with E-state index in [1.165, 1.54) is 28.4 Å². The predicted octanol–water partition coefficient (Wildman–Crippen LogP) is 4.02. The normalized spacial score (nSPS) is 11.9. The van der Waals surface area contributed by atoms with Gasteiger partial charge in [0, 0.05) is 6.54 Å². The minimum absolute atomic E-state index is 0.141. The quantitative estimate of drug-likeness (QED) is 0.502. The highest BCUT2D eigenvalue weighted by atomic mass is 35.5. The Labute approximate surface area is 186 Å². The zero-order chi connectivity index (χ0) is 21.9. The summed E-state index contributed by atoms with van der Waals surface area (Å²) in [6, 6.07) is 12.0.